The summed E-state index contributed by atoms with van der Waals surface area (Å²) in [5.41, 5.74) is 2.40. The number of rotatable bonds is 6. The van der Waals surface area contributed by atoms with E-state index in [9.17, 15) is 9.59 Å². The number of ether oxygens (including phenoxy) is 2. The average Bonchev–Trinajstić information content (AvgIpc) is 2.58. The molecule has 1 aliphatic rings. The number of hydrogen-bond acceptors (Lipinski definition) is 4. The fourth-order valence-corrected chi connectivity index (χ4v) is 2.74. The van der Waals surface area contributed by atoms with Crippen LogP contribution >= 0.6 is 0 Å². The van der Waals surface area contributed by atoms with Crippen molar-refractivity contribution in [2.75, 3.05) is 40.9 Å². The van der Waals surface area contributed by atoms with Gasteiger partial charge in [-0.3, -0.25) is 9.59 Å². The molecule has 1 aromatic carbocycles. The van der Waals surface area contributed by atoms with Crippen LogP contribution in [0.4, 0.5) is 0 Å². The lowest BCUT2D eigenvalue weighted by Crippen LogP contribution is -3.12. The smallest absolute Gasteiger partial charge is 0.275 e. The summed E-state index contributed by atoms with van der Waals surface area (Å²) < 4.78 is 10.7. The molecule has 2 rings (SSSR count). The van der Waals surface area contributed by atoms with Crippen molar-refractivity contribution in [1.82, 2.24) is 10.6 Å². The molecule has 0 bridgehead atoms. The standard InChI is InChI=1S/C16H23N3O4/c1-17-15(20)8-18-16(21)10-19-5-4-11-6-13(22-2)14(23-3)7-12(11)9-19/h6-7H,4-5,8-10H2,1-3H3,(H,17,20)(H,18,21)/p+1. The zero-order chi connectivity index (χ0) is 16.8. The molecule has 3 N–H and O–H groups in total. The minimum atomic E-state index is -0.200. The van der Waals surface area contributed by atoms with E-state index in [1.54, 1.807) is 21.3 Å². The third kappa shape index (κ3) is 4.35. The van der Waals surface area contributed by atoms with Gasteiger partial charge in [-0.05, 0) is 17.7 Å². The molecule has 7 heteroatoms. The fourth-order valence-electron chi connectivity index (χ4n) is 2.74. The molecule has 1 heterocycles. The Kier molecular flexibility index (Phi) is 5.81. The molecule has 1 aromatic rings. The van der Waals surface area contributed by atoms with E-state index in [1.807, 2.05) is 12.1 Å². The number of methoxy groups -OCH3 is 2. The van der Waals surface area contributed by atoms with E-state index in [1.165, 1.54) is 16.0 Å². The minimum absolute atomic E-state index is 0.0181. The highest BCUT2D eigenvalue weighted by Crippen LogP contribution is 2.31. The van der Waals surface area contributed by atoms with Gasteiger partial charge in [0, 0.05) is 19.0 Å². The van der Waals surface area contributed by atoms with Gasteiger partial charge in [0.2, 0.25) is 5.91 Å². The van der Waals surface area contributed by atoms with Gasteiger partial charge in [0.05, 0.1) is 27.3 Å². The first kappa shape index (κ1) is 17.1. The summed E-state index contributed by atoms with van der Waals surface area (Å²) in [6, 6.07) is 3.99. The van der Waals surface area contributed by atoms with E-state index in [0.29, 0.717) is 12.3 Å². The third-order valence-corrected chi connectivity index (χ3v) is 4.03. The van der Waals surface area contributed by atoms with E-state index >= 15 is 0 Å². The predicted octanol–water partition coefficient (Wildman–Crippen LogP) is -1.49. The van der Waals surface area contributed by atoms with E-state index in [-0.39, 0.29) is 18.4 Å². The molecule has 1 atom stereocenters. The molecule has 0 aromatic heterocycles. The number of carbonyl (C=O) groups is 2. The van der Waals surface area contributed by atoms with Crippen LogP contribution < -0.4 is 25.0 Å². The first-order valence-corrected chi connectivity index (χ1v) is 7.62. The zero-order valence-electron chi connectivity index (χ0n) is 13.8. The minimum Gasteiger partial charge on any atom is -0.493 e. The van der Waals surface area contributed by atoms with Crippen molar-refractivity contribution in [2.24, 2.45) is 0 Å². The van der Waals surface area contributed by atoms with Crippen molar-refractivity contribution >= 4 is 11.8 Å². The normalized spacial score (nSPS) is 16.2. The average molecular weight is 322 g/mol. The molecule has 1 aliphatic heterocycles. The Hall–Kier alpha value is -2.28. The van der Waals surface area contributed by atoms with Gasteiger partial charge in [0.15, 0.2) is 18.0 Å². The molecule has 0 aliphatic carbocycles. The second kappa shape index (κ2) is 7.82. The van der Waals surface area contributed by atoms with Gasteiger partial charge >= 0.3 is 0 Å². The highest BCUT2D eigenvalue weighted by Gasteiger charge is 2.24. The first-order chi connectivity index (χ1) is 11.1. The number of amides is 2. The van der Waals surface area contributed by atoms with Crippen molar-refractivity contribution in [1.29, 1.82) is 0 Å². The Morgan fingerprint density at radius 1 is 1.13 bits per heavy atom. The molecule has 23 heavy (non-hydrogen) atoms. The lowest BCUT2D eigenvalue weighted by Gasteiger charge is -2.26. The molecule has 0 radical (unpaired) electrons. The second-order valence-electron chi connectivity index (χ2n) is 5.53. The maximum Gasteiger partial charge on any atom is 0.275 e. The number of quaternary nitrogens is 1. The first-order valence-electron chi connectivity index (χ1n) is 7.62. The SMILES string of the molecule is CNC(=O)CNC(=O)C[NH+]1CCc2cc(OC)c(OC)cc2C1. The van der Waals surface area contributed by atoms with E-state index in [2.05, 4.69) is 10.6 Å². The molecule has 126 valence electrons. The molecule has 0 fully saturated rings. The zero-order valence-corrected chi connectivity index (χ0v) is 13.8. The largest absolute Gasteiger partial charge is 0.493 e. The van der Waals surface area contributed by atoms with Crippen LogP contribution in [-0.4, -0.2) is 52.7 Å². The summed E-state index contributed by atoms with van der Waals surface area (Å²) in [4.78, 5) is 24.2. The van der Waals surface area contributed by atoms with E-state index < -0.39 is 0 Å². The number of fused-ring (bicyclic) bond motifs is 1. The lowest BCUT2D eigenvalue weighted by atomic mass is 9.99. The molecule has 0 spiro atoms. The highest BCUT2D eigenvalue weighted by atomic mass is 16.5. The van der Waals surface area contributed by atoms with Gasteiger partial charge in [-0.1, -0.05) is 0 Å². The van der Waals surface area contributed by atoms with Crippen LogP contribution in [0.3, 0.4) is 0 Å². The van der Waals surface area contributed by atoms with Gasteiger partial charge in [-0.15, -0.1) is 0 Å². The number of nitrogens with one attached hydrogen (secondary N) is 3. The summed E-state index contributed by atoms with van der Waals surface area (Å²) >= 11 is 0. The number of likely N-dealkylation sites (N-methyl/N-ethyl adjacent to an activating group) is 1. The lowest BCUT2D eigenvalue weighted by molar-refractivity contribution is -0.908. The summed E-state index contributed by atoms with van der Waals surface area (Å²) in [5, 5.41) is 5.10. The maximum absolute atomic E-state index is 11.9. The van der Waals surface area contributed by atoms with Crippen LogP contribution in [0.15, 0.2) is 12.1 Å². The third-order valence-electron chi connectivity index (χ3n) is 4.03. The van der Waals surface area contributed by atoms with E-state index in [4.69, 9.17) is 9.47 Å². The predicted molar refractivity (Wildman–Crippen MR) is 84.7 cm³/mol. The van der Waals surface area contributed by atoms with Crippen LogP contribution in [0.2, 0.25) is 0 Å². The quantitative estimate of drug-likeness (QED) is 0.596. The van der Waals surface area contributed by atoms with Crippen LogP contribution in [-0.2, 0) is 22.6 Å². The summed E-state index contributed by atoms with van der Waals surface area (Å²) in [6.07, 6.45) is 0.883. The van der Waals surface area contributed by atoms with Crippen LogP contribution in [0, 0.1) is 0 Å². The van der Waals surface area contributed by atoms with E-state index in [0.717, 1.165) is 25.3 Å². The highest BCUT2D eigenvalue weighted by molar-refractivity contribution is 5.84. The van der Waals surface area contributed by atoms with Crippen LogP contribution in [0.5, 0.6) is 11.5 Å². The number of benzene rings is 1. The van der Waals surface area contributed by atoms with Crippen LogP contribution in [0.25, 0.3) is 0 Å². The fraction of sp³-hybridized carbons (Fsp3) is 0.500. The van der Waals surface area contributed by atoms with Crippen LogP contribution in [0.1, 0.15) is 11.1 Å². The Morgan fingerprint density at radius 3 is 2.39 bits per heavy atom. The Balaban J connectivity index is 1.97. The van der Waals surface area contributed by atoms with Gasteiger partial charge in [0.1, 0.15) is 6.54 Å². The second-order valence-corrected chi connectivity index (χ2v) is 5.53. The summed E-state index contributed by atoms with van der Waals surface area (Å²) in [7, 11) is 4.79. The van der Waals surface area contributed by atoms with Crippen molar-refractivity contribution in [3.05, 3.63) is 23.3 Å². The van der Waals surface area contributed by atoms with Gasteiger partial charge < -0.3 is 25.0 Å². The van der Waals surface area contributed by atoms with Crippen molar-refractivity contribution in [3.8, 4) is 11.5 Å². The molecule has 7 nitrogen and oxygen atoms in total. The van der Waals surface area contributed by atoms with Crippen molar-refractivity contribution in [2.45, 2.75) is 13.0 Å². The van der Waals surface area contributed by atoms with Gasteiger partial charge in [-0.2, -0.15) is 0 Å². The molecule has 0 saturated carbocycles. The summed E-state index contributed by atoms with van der Waals surface area (Å²) in [6.45, 7) is 1.99. The Labute approximate surface area is 135 Å². The molecule has 2 amide bonds. The Morgan fingerprint density at radius 2 is 1.78 bits per heavy atom. The van der Waals surface area contributed by atoms with Crippen molar-refractivity contribution < 1.29 is 24.0 Å². The molecular formula is C16H24N3O4+. The number of hydrogen-bond donors (Lipinski definition) is 3. The molecule has 1 unspecified atom stereocenters. The number of carbonyl (C=O) groups excluding carboxylic acids is 2. The Bertz CT molecular complexity index is 589. The van der Waals surface area contributed by atoms with Gasteiger partial charge in [-0.25, -0.2) is 0 Å². The summed E-state index contributed by atoms with van der Waals surface area (Å²) in [5.74, 6) is 1.12. The van der Waals surface area contributed by atoms with Gasteiger partial charge in [0.25, 0.3) is 5.91 Å². The monoisotopic (exact) mass is 322 g/mol. The maximum atomic E-state index is 11.9. The molecule has 0 saturated heterocycles. The topological polar surface area (TPSA) is 81.1 Å². The molecular weight excluding hydrogens is 298 g/mol. The van der Waals surface area contributed by atoms with Crippen molar-refractivity contribution in [3.63, 3.8) is 0 Å².